The number of aromatic nitrogens is 1. The van der Waals surface area contributed by atoms with Crippen LogP contribution in [-0.4, -0.2) is 29.8 Å². The zero-order valence-corrected chi connectivity index (χ0v) is 13.7. The summed E-state index contributed by atoms with van der Waals surface area (Å²) < 4.78 is 5.72. The number of hydrogen-bond donors (Lipinski definition) is 1. The summed E-state index contributed by atoms with van der Waals surface area (Å²) in [6, 6.07) is 13.8. The second-order valence-electron chi connectivity index (χ2n) is 5.45. The molecule has 1 aromatic heterocycles. The van der Waals surface area contributed by atoms with Crippen LogP contribution in [0.5, 0.6) is 5.75 Å². The van der Waals surface area contributed by atoms with Gasteiger partial charge in [-0.2, -0.15) is 0 Å². The highest BCUT2D eigenvalue weighted by Gasteiger charge is 2.23. The molecule has 2 aromatic rings. The number of nitrogens with one attached hydrogen (secondary N) is 1. The Kier molecular flexibility index (Phi) is 5.53. The Morgan fingerprint density at radius 1 is 1.26 bits per heavy atom. The Hall–Kier alpha value is -2.01. The number of para-hydroxylation sites is 1. The predicted molar refractivity (Wildman–Crippen MR) is 91.7 cm³/mol. The van der Waals surface area contributed by atoms with Crippen LogP contribution in [0.15, 0.2) is 53.7 Å². The molecule has 2 heterocycles. The van der Waals surface area contributed by atoms with Gasteiger partial charge in [0.05, 0.1) is 11.6 Å². The van der Waals surface area contributed by atoms with Crippen molar-refractivity contribution in [3.63, 3.8) is 0 Å². The molecule has 1 N–H and O–H groups in total. The van der Waals surface area contributed by atoms with E-state index in [1.807, 2.05) is 42.5 Å². The minimum Gasteiger partial charge on any atom is -0.493 e. The van der Waals surface area contributed by atoms with Crippen LogP contribution in [0.1, 0.15) is 12.0 Å². The summed E-state index contributed by atoms with van der Waals surface area (Å²) in [6.07, 6.45) is 3.28. The van der Waals surface area contributed by atoms with Crippen molar-refractivity contribution in [2.75, 3.05) is 18.9 Å². The van der Waals surface area contributed by atoms with Gasteiger partial charge in [-0.1, -0.05) is 24.3 Å². The lowest BCUT2D eigenvalue weighted by atomic mass is 9.96. The lowest BCUT2D eigenvalue weighted by Crippen LogP contribution is -2.33. The van der Waals surface area contributed by atoms with E-state index in [1.54, 1.807) is 18.0 Å². The summed E-state index contributed by atoms with van der Waals surface area (Å²) in [5, 5.41) is 4.02. The third-order valence-corrected chi connectivity index (χ3v) is 4.77. The summed E-state index contributed by atoms with van der Waals surface area (Å²) >= 11 is 1.65. The largest absolute Gasteiger partial charge is 0.493 e. The van der Waals surface area contributed by atoms with Gasteiger partial charge in [-0.05, 0) is 36.6 Å². The molecule has 1 amide bonds. The van der Waals surface area contributed by atoms with Crippen LogP contribution in [-0.2, 0) is 11.2 Å². The molecule has 0 bridgehead atoms. The monoisotopic (exact) mass is 328 g/mol. The van der Waals surface area contributed by atoms with Gasteiger partial charge in [0.15, 0.2) is 0 Å². The molecule has 1 aliphatic rings. The lowest BCUT2D eigenvalue weighted by Gasteiger charge is -2.13. The fraction of sp³-hybridized carbons (Fsp3) is 0.333. The molecule has 120 valence electrons. The van der Waals surface area contributed by atoms with Crippen LogP contribution in [0.25, 0.3) is 0 Å². The van der Waals surface area contributed by atoms with Gasteiger partial charge in [0, 0.05) is 24.4 Å². The lowest BCUT2D eigenvalue weighted by molar-refractivity contribution is -0.125. The van der Waals surface area contributed by atoms with Gasteiger partial charge in [-0.3, -0.25) is 4.79 Å². The summed E-state index contributed by atoms with van der Waals surface area (Å²) in [6.45, 7) is 1.25. The zero-order chi connectivity index (χ0) is 15.9. The van der Waals surface area contributed by atoms with Crippen molar-refractivity contribution in [1.29, 1.82) is 0 Å². The Bertz CT molecular complexity index is 648. The topological polar surface area (TPSA) is 51.2 Å². The van der Waals surface area contributed by atoms with Gasteiger partial charge in [0.25, 0.3) is 0 Å². The smallest absolute Gasteiger partial charge is 0.223 e. The maximum Gasteiger partial charge on any atom is 0.223 e. The molecule has 1 aromatic carbocycles. The van der Waals surface area contributed by atoms with Gasteiger partial charge < -0.3 is 10.1 Å². The maximum atomic E-state index is 12.4. The fourth-order valence-electron chi connectivity index (χ4n) is 2.62. The number of rotatable bonds is 5. The maximum absolute atomic E-state index is 12.4. The average Bonchev–Trinajstić information content (AvgIpc) is 2.82. The molecule has 4 nitrogen and oxygen atoms in total. The van der Waals surface area contributed by atoms with E-state index < -0.39 is 0 Å². The third kappa shape index (κ3) is 4.48. The van der Waals surface area contributed by atoms with Crippen molar-refractivity contribution in [2.24, 2.45) is 5.92 Å². The number of carbonyl (C=O) groups is 1. The summed E-state index contributed by atoms with van der Waals surface area (Å²) in [5.41, 5.74) is 1.12. The number of benzene rings is 1. The van der Waals surface area contributed by atoms with Crippen molar-refractivity contribution in [1.82, 2.24) is 10.3 Å². The van der Waals surface area contributed by atoms with E-state index >= 15 is 0 Å². The molecular formula is C18H20N2O2S. The number of carbonyl (C=O) groups excluding carboxylic acids is 1. The molecule has 5 heteroatoms. The van der Waals surface area contributed by atoms with E-state index in [0.29, 0.717) is 13.2 Å². The van der Waals surface area contributed by atoms with E-state index in [2.05, 4.69) is 10.3 Å². The number of ether oxygens (including phenoxy) is 1. The highest BCUT2D eigenvalue weighted by Crippen LogP contribution is 2.26. The number of nitrogens with zero attached hydrogens (tertiary/aromatic N) is 1. The van der Waals surface area contributed by atoms with Gasteiger partial charge in [0.2, 0.25) is 5.91 Å². The van der Waals surface area contributed by atoms with Crippen molar-refractivity contribution in [3.05, 3.63) is 54.2 Å². The summed E-state index contributed by atoms with van der Waals surface area (Å²) in [7, 11) is 0. The number of hydrogen-bond acceptors (Lipinski definition) is 4. The molecular weight excluding hydrogens is 308 g/mol. The van der Waals surface area contributed by atoms with E-state index in [0.717, 1.165) is 34.9 Å². The number of fused-ring (bicyclic) bond motifs is 1. The quantitative estimate of drug-likeness (QED) is 0.677. The molecule has 1 aliphatic heterocycles. The molecule has 23 heavy (non-hydrogen) atoms. The van der Waals surface area contributed by atoms with Crippen molar-refractivity contribution < 1.29 is 9.53 Å². The first-order valence-corrected chi connectivity index (χ1v) is 8.84. The minimum atomic E-state index is -0.0153. The van der Waals surface area contributed by atoms with Crippen LogP contribution < -0.4 is 10.1 Å². The Morgan fingerprint density at radius 3 is 3.00 bits per heavy atom. The fourth-order valence-corrected chi connectivity index (χ4v) is 3.35. The van der Waals surface area contributed by atoms with Crippen LogP contribution in [0.4, 0.5) is 0 Å². The molecule has 0 aliphatic carbocycles. The molecule has 0 spiro atoms. The Morgan fingerprint density at radius 2 is 2.13 bits per heavy atom. The van der Waals surface area contributed by atoms with Gasteiger partial charge >= 0.3 is 0 Å². The molecule has 1 atom stereocenters. The Labute approximate surface area is 140 Å². The number of pyridine rings is 1. The highest BCUT2D eigenvalue weighted by atomic mass is 32.2. The second kappa shape index (κ2) is 8.02. The van der Waals surface area contributed by atoms with E-state index in [1.165, 1.54) is 0 Å². The van der Waals surface area contributed by atoms with Crippen LogP contribution >= 0.6 is 11.8 Å². The second-order valence-corrected chi connectivity index (χ2v) is 6.57. The molecule has 0 saturated heterocycles. The molecule has 0 saturated carbocycles. The van der Waals surface area contributed by atoms with E-state index in [-0.39, 0.29) is 11.8 Å². The van der Waals surface area contributed by atoms with Crippen molar-refractivity contribution >= 4 is 17.7 Å². The standard InChI is InChI=1S/C18H20N2O2S/c21-18(20-10-12-23-17-7-3-4-9-19-17)15-8-11-22-16-6-2-1-5-14(16)13-15/h1-7,9,15H,8,10-13H2,(H,20,21). The number of thioether (sulfide) groups is 1. The van der Waals surface area contributed by atoms with Crippen molar-refractivity contribution in [3.8, 4) is 5.75 Å². The first kappa shape index (κ1) is 15.9. The van der Waals surface area contributed by atoms with E-state index in [9.17, 15) is 4.79 Å². The highest BCUT2D eigenvalue weighted by molar-refractivity contribution is 7.99. The molecule has 3 rings (SSSR count). The zero-order valence-electron chi connectivity index (χ0n) is 12.9. The Balaban J connectivity index is 1.47. The van der Waals surface area contributed by atoms with Gasteiger partial charge in [0.1, 0.15) is 5.75 Å². The predicted octanol–water partition coefficient (Wildman–Crippen LogP) is 2.93. The molecule has 1 unspecified atom stereocenters. The summed E-state index contributed by atoms with van der Waals surface area (Å²) in [4.78, 5) is 16.6. The van der Waals surface area contributed by atoms with Crippen LogP contribution in [0, 0.1) is 5.92 Å². The molecule has 0 radical (unpaired) electrons. The van der Waals surface area contributed by atoms with Gasteiger partial charge in [-0.25, -0.2) is 4.98 Å². The third-order valence-electron chi connectivity index (χ3n) is 3.82. The first-order valence-electron chi connectivity index (χ1n) is 7.85. The van der Waals surface area contributed by atoms with Gasteiger partial charge in [-0.15, -0.1) is 11.8 Å². The minimum absolute atomic E-state index is 0.0153. The summed E-state index contributed by atoms with van der Waals surface area (Å²) in [5.74, 6) is 1.83. The normalized spacial score (nSPS) is 16.8. The van der Waals surface area contributed by atoms with E-state index in [4.69, 9.17) is 4.74 Å². The van der Waals surface area contributed by atoms with Crippen LogP contribution in [0.3, 0.4) is 0 Å². The van der Waals surface area contributed by atoms with Crippen molar-refractivity contribution in [2.45, 2.75) is 17.9 Å². The first-order chi connectivity index (χ1) is 11.3. The molecule has 0 fully saturated rings. The SMILES string of the molecule is O=C(NCCSc1ccccn1)C1CCOc2ccccc2C1. The number of amides is 1. The average molecular weight is 328 g/mol. The van der Waals surface area contributed by atoms with Crippen LogP contribution in [0.2, 0.25) is 0 Å².